The molecule has 0 aromatic rings. The van der Waals surface area contributed by atoms with Gasteiger partial charge in [-0.3, -0.25) is 9.59 Å². The fourth-order valence-electron chi connectivity index (χ4n) is 0.0915. The number of aliphatic carboxylic acids is 2. The minimum Gasteiger partial charge on any atom is -0.480 e. The van der Waals surface area contributed by atoms with Crippen LogP contribution in [-0.2, 0) is 9.59 Å². The summed E-state index contributed by atoms with van der Waals surface area (Å²) in [7, 11) is 0. The molecule has 0 aliphatic heterocycles. The number of carboxylic acid groups (broad SMARTS) is 2. The van der Waals surface area contributed by atoms with Crippen molar-refractivity contribution in [3.63, 3.8) is 0 Å². The Labute approximate surface area is 65.0 Å². The molecule has 5 heteroatoms. The van der Waals surface area contributed by atoms with E-state index in [-0.39, 0.29) is 0 Å². The van der Waals surface area contributed by atoms with Crippen LogP contribution in [0.2, 0.25) is 0 Å². The maximum absolute atomic E-state index is 10.1. The molecule has 4 nitrogen and oxygen atoms in total. The molecule has 0 rings (SSSR count). The summed E-state index contributed by atoms with van der Waals surface area (Å²) in [6.07, 6.45) is 0. The van der Waals surface area contributed by atoms with E-state index in [0.29, 0.717) is 0 Å². The molecule has 0 aliphatic rings. The van der Waals surface area contributed by atoms with Gasteiger partial charge in [0.25, 0.3) is 0 Å². The van der Waals surface area contributed by atoms with Crippen molar-refractivity contribution < 1.29 is 19.8 Å². The minimum atomic E-state index is -1.70. The first-order chi connectivity index (χ1) is 3.89. The van der Waals surface area contributed by atoms with Crippen LogP contribution in [0.5, 0.6) is 0 Å². The average molecular weight is 244 g/mol. The molecule has 0 fully saturated rings. The summed E-state index contributed by atoms with van der Waals surface area (Å²) in [4.78, 5) is 20.1. The predicted molar refractivity (Wildman–Crippen MR) is 37.7 cm³/mol. The maximum Gasteiger partial charge on any atom is 0.330 e. The Morgan fingerprint density at radius 3 is 1.56 bits per heavy atom. The second-order valence-corrected chi connectivity index (χ2v) is 3.77. The fraction of sp³-hybridized carbons (Fsp3) is 0.500. The highest BCUT2D eigenvalue weighted by molar-refractivity contribution is 14.1. The maximum atomic E-state index is 10.1. The molecule has 0 amide bonds. The highest BCUT2D eigenvalue weighted by Gasteiger charge is 2.38. The third-order valence-electron chi connectivity index (χ3n) is 0.803. The van der Waals surface area contributed by atoms with Crippen LogP contribution < -0.4 is 0 Å². The lowest BCUT2D eigenvalue weighted by molar-refractivity contribution is -0.149. The van der Waals surface area contributed by atoms with Crippen molar-refractivity contribution in [3.8, 4) is 0 Å². The molecule has 52 valence electrons. The van der Waals surface area contributed by atoms with Gasteiger partial charge in [-0.05, 0) is 6.92 Å². The largest absolute Gasteiger partial charge is 0.480 e. The first kappa shape index (κ1) is 8.67. The molecule has 2 N–H and O–H groups in total. The standard InChI is InChI=1S/C4H5IO4/c1-4(5,2(6)7)3(8)9/h1H3,(H,6,7)(H,8,9). The molecule has 0 unspecified atom stereocenters. The van der Waals surface area contributed by atoms with E-state index in [9.17, 15) is 9.59 Å². The monoisotopic (exact) mass is 244 g/mol. The van der Waals surface area contributed by atoms with Gasteiger partial charge in [0.2, 0.25) is 3.42 Å². The zero-order chi connectivity index (χ0) is 7.65. The van der Waals surface area contributed by atoms with Crippen molar-refractivity contribution in [1.29, 1.82) is 0 Å². The minimum absolute atomic E-state index is 1.12. The van der Waals surface area contributed by atoms with Crippen molar-refractivity contribution in [2.75, 3.05) is 0 Å². The van der Waals surface area contributed by atoms with Crippen molar-refractivity contribution in [2.45, 2.75) is 10.3 Å². The number of alkyl halides is 1. The second-order valence-electron chi connectivity index (χ2n) is 1.61. The number of halogens is 1. The second kappa shape index (κ2) is 2.51. The number of carbonyl (C=O) groups is 2. The zero-order valence-electron chi connectivity index (χ0n) is 4.59. The molecule has 9 heavy (non-hydrogen) atoms. The number of rotatable bonds is 2. The van der Waals surface area contributed by atoms with Gasteiger partial charge in [-0.2, -0.15) is 0 Å². The third kappa shape index (κ3) is 1.81. The molecule has 0 spiro atoms. The summed E-state index contributed by atoms with van der Waals surface area (Å²) >= 11 is 1.36. The van der Waals surface area contributed by atoms with Crippen LogP contribution >= 0.6 is 22.6 Å². The zero-order valence-corrected chi connectivity index (χ0v) is 6.75. The van der Waals surface area contributed by atoms with Crippen LogP contribution in [0.25, 0.3) is 0 Å². The van der Waals surface area contributed by atoms with E-state index in [2.05, 4.69) is 0 Å². The van der Waals surface area contributed by atoms with Crippen LogP contribution in [0.15, 0.2) is 0 Å². The Bertz CT molecular complexity index is 135. The summed E-state index contributed by atoms with van der Waals surface area (Å²) in [5, 5.41) is 16.4. The van der Waals surface area contributed by atoms with Gasteiger partial charge < -0.3 is 10.2 Å². The first-order valence-corrected chi connectivity index (χ1v) is 3.12. The Morgan fingerprint density at radius 1 is 1.33 bits per heavy atom. The molecule has 0 saturated carbocycles. The van der Waals surface area contributed by atoms with Gasteiger partial charge in [0, 0.05) is 0 Å². The molecule has 0 aromatic heterocycles. The molecular weight excluding hydrogens is 239 g/mol. The molecule has 0 heterocycles. The molecule has 0 bridgehead atoms. The normalized spacial score (nSPS) is 10.9. The van der Waals surface area contributed by atoms with Crippen LogP contribution in [0.1, 0.15) is 6.92 Å². The summed E-state index contributed by atoms with van der Waals surface area (Å²) in [6, 6.07) is 0. The van der Waals surface area contributed by atoms with Crippen LogP contribution in [0.4, 0.5) is 0 Å². The smallest absolute Gasteiger partial charge is 0.330 e. The Balaban J connectivity index is 4.38. The summed E-state index contributed by atoms with van der Waals surface area (Å²) in [6.45, 7) is 1.12. The predicted octanol–water partition coefficient (Wildman–Crippen LogP) is 0.349. The van der Waals surface area contributed by atoms with Gasteiger partial charge in [0.05, 0.1) is 0 Å². The van der Waals surface area contributed by atoms with Crippen molar-refractivity contribution in [3.05, 3.63) is 0 Å². The van der Waals surface area contributed by atoms with Crippen LogP contribution in [0.3, 0.4) is 0 Å². The summed E-state index contributed by atoms with van der Waals surface area (Å²) in [5.74, 6) is -2.67. The number of carboxylic acids is 2. The van der Waals surface area contributed by atoms with Gasteiger partial charge in [0.1, 0.15) is 0 Å². The van der Waals surface area contributed by atoms with Crippen LogP contribution in [0, 0.1) is 0 Å². The topological polar surface area (TPSA) is 74.6 Å². The van der Waals surface area contributed by atoms with Crippen molar-refractivity contribution in [2.24, 2.45) is 0 Å². The van der Waals surface area contributed by atoms with E-state index in [1.807, 2.05) is 0 Å². The van der Waals surface area contributed by atoms with Crippen molar-refractivity contribution in [1.82, 2.24) is 0 Å². The molecule has 0 saturated heterocycles. The van der Waals surface area contributed by atoms with E-state index in [1.165, 1.54) is 22.6 Å². The lowest BCUT2D eigenvalue weighted by Gasteiger charge is -2.08. The highest BCUT2D eigenvalue weighted by Crippen LogP contribution is 2.17. The molecular formula is C4H5IO4. The average Bonchev–Trinajstić information content (AvgIpc) is 1.65. The van der Waals surface area contributed by atoms with Gasteiger partial charge in [0.15, 0.2) is 0 Å². The molecule has 0 atom stereocenters. The molecule has 0 radical (unpaired) electrons. The van der Waals surface area contributed by atoms with Gasteiger partial charge in [-0.1, -0.05) is 22.6 Å². The number of hydrogen-bond acceptors (Lipinski definition) is 2. The van der Waals surface area contributed by atoms with Gasteiger partial charge in [-0.25, -0.2) is 0 Å². The first-order valence-electron chi connectivity index (χ1n) is 2.04. The SMILES string of the molecule is CC(I)(C(=O)O)C(=O)O. The van der Waals surface area contributed by atoms with E-state index in [1.54, 1.807) is 0 Å². The Hall–Kier alpha value is -0.330. The molecule has 0 aromatic carbocycles. The lowest BCUT2D eigenvalue weighted by atomic mass is 10.2. The quantitative estimate of drug-likeness (QED) is 0.417. The highest BCUT2D eigenvalue weighted by atomic mass is 127. The van der Waals surface area contributed by atoms with Gasteiger partial charge in [-0.15, -0.1) is 0 Å². The number of hydrogen-bond donors (Lipinski definition) is 2. The Kier molecular flexibility index (Phi) is 2.41. The summed E-state index contributed by atoms with van der Waals surface area (Å²) < 4.78 is -1.70. The van der Waals surface area contributed by atoms with E-state index in [4.69, 9.17) is 10.2 Å². The fourth-order valence-corrected chi connectivity index (χ4v) is 0.0915. The lowest BCUT2D eigenvalue weighted by Crippen LogP contribution is -2.36. The Morgan fingerprint density at radius 2 is 1.56 bits per heavy atom. The summed E-state index contributed by atoms with van der Waals surface area (Å²) in [5.41, 5.74) is 0. The molecule has 0 aliphatic carbocycles. The third-order valence-corrected chi connectivity index (χ3v) is 1.73. The van der Waals surface area contributed by atoms with E-state index < -0.39 is 15.4 Å². The van der Waals surface area contributed by atoms with E-state index in [0.717, 1.165) is 6.92 Å². The van der Waals surface area contributed by atoms with Crippen molar-refractivity contribution >= 4 is 34.5 Å². The van der Waals surface area contributed by atoms with E-state index >= 15 is 0 Å². The van der Waals surface area contributed by atoms with Gasteiger partial charge >= 0.3 is 11.9 Å². The van der Waals surface area contributed by atoms with Crippen LogP contribution in [-0.4, -0.2) is 25.6 Å².